The number of nitrogen functional groups attached to an aromatic ring is 1. The Labute approximate surface area is 110 Å². The number of aliphatic hydroxyl groups is 3. The lowest BCUT2D eigenvalue weighted by atomic mass is 10.0. The first kappa shape index (κ1) is 13.6. The van der Waals surface area contributed by atoms with Crippen LogP contribution < -0.4 is 5.73 Å². The van der Waals surface area contributed by atoms with E-state index in [0.717, 1.165) is 4.90 Å². The largest absolute Gasteiger partial charge is 0.399 e. The van der Waals surface area contributed by atoms with Crippen LogP contribution >= 0.6 is 11.8 Å². The highest BCUT2D eigenvalue weighted by Gasteiger charge is 2.42. The minimum absolute atomic E-state index is 0.519. The monoisotopic (exact) mass is 271 g/mol. The second kappa shape index (κ2) is 5.46. The number of hydrogen-bond acceptors (Lipinski definition) is 6. The van der Waals surface area contributed by atoms with Gasteiger partial charge in [0.05, 0.1) is 6.10 Å². The zero-order valence-corrected chi connectivity index (χ0v) is 10.7. The van der Waals surface area contributed by atoms with Crippen molar-refractivity contribution in [1.29, 1.82) is 0 Å². The maximum Gasteiger partial charge on any atom is 0.136 e. The summed E-state index contributed by atoms with van der Waals surface area (Å²) in [5.74, 6) is 0. The molecule has 1 fully saturated rings. The molecule has 0 bridgehead atoms. The molecule has 1 aliphatic rings. The van der Waals surface area contributed by atoms with E-state index in [1.54, 1.807) is 19.1 Å². The summed E-state index contributed by atoms with van der Waals surface area (Å²) in [4.78, 5) is 0.879. The van der Waals surface area contributed by atoms with Crippen LogP contribution in [-0.4, -0.2) is 45.2 Å². The van der Waals surface area contributed by atoms with Gasteiger partial charge in [-0.1, -0.05) is 11.8 Å². The standard InChI is InChI=1S/C12H17NO4S/c1-6-9(14)10(15)11(16)12(17-6)18-8-4-2-7(13)3-5-8/h2-6,9-12,14-16H,13H2,1H3/t6-,9+,10+,11-,12-/m0/s1. The van der Waals surface area contributed by atoms with Crippen LogP contribution in [0.3, 0.4) is 0 Å². The van der Waals surface area contributed by atoms with E-state index in [1.807, 2.05) is 12.1 Å². The summed E-state index contributed by atoms with van der Waals surface area (Å²) in [7, 11) is 0. The molecule has 1 saturated heterocycles. The molecule has 2 rings (SSSR count). The molecule has 1 aromatic carbocycles. The third-order valence-corrected chi connectivity index (χ3v) is 4.11. The van der Waals surface area contributed by atoms with E-state index in [-0.39, 0.29) is 0 Å². The van der Waals surface area contributed by atoms with Gasteiger partial charge in [0.25, 0.3) is 0 Å². The average molecular weight is 271 g/mol. The average Bonchev–Trinajstić information content (AvgIpc) is 2.36. The molecule has 5 atom stereocenters. The first-order valence-corrected chi connectivity index (χ1v) is 6.59. The van der Waals surface area contributed by atoms with Crippen molar-refractivity contribution in [2.75, 3.05) is 5.73 Å². The minimum atomic E-state index is -1.19. The van der Waals surface area contributed by atoms with E-state index in [9.17, 15) is 15.3 Å². The van der Waals surface area contributed by atoms with Crippen LogP contribution in [0.15, 0.2) is 29.2 Å². The Bertz CT molecular complexity index is 400. The Morgan fingerprint density at radius 2 is 1.67 bits per heavy atom. The summed E-state index contributed by atoms with van der Waals surface area (Å²) in [5, 5.41) is 29.1. The molecule has 18 heavy (non-hydrogen) atoms. The first-order chi connectivity index (χ1) is 8.49. The van der Waals surface area contributed by atoms with Crippen molar-refractivity contribution >= 4 is 17.4 Å². The zero-order valence-electron chi connectivity index (χ0n) is 9.93. The number of nitrogens with two attached hydrogens (primary N) is 1. The molecule has 0 unspecified atom stereocenters. The van der Waals surface area contributed by atoms with Crippen LogP contribution in [-0.2, 0) is 4.74 Å². The second-order valence-electron chi connectivity index (χ2n) is 4.37. The van der Waals surface area contributed by atoms with E-state index in [2.05, 4.69) is 0 Å². The number of thioether (sulfide) groups is 1. The van der Waals surface area contributed by atoms with Crippen molar-refractivity contribution in [3.8, 4) is 0 Å². The number of anilines is 1. The Balaban J connectivity index is 2.06. The topological polar surface area (TPSA) is 95.9 Å². The van der Waals surface area contributed by atoms with Gasteiger partial charge >= 0.3 is 0 Å². The SMILES string of the molecule is C[C@@H]1O[C@@H](Sc2ccc(N)cc2)[C@@H](O)[C@H](O)[C@@H]1O. The number of rotatable bonds is 2. The molecule has 5 nitrogen and oxygen atoms in total. The molecule has 100 valence electrons. The first-order valence-electron chi connectivity index (χ1n) is 5.71. The summed E-state index contributed by atoms with van der Waals surface area (Å²) in [6, 6.07) is 7.15. The van der Waals surface area contributed by atoms with Crippen LogP contribution in [0.25, 0.3) is 0 Å². The molecule has 0 radical (unpaired) electrons. The fourth-order valence-corrected chi connectivity index (χ4v) is 2.88. The van der Waals surface area contributed by atoms with Crippen LogP contribution in [0.1, 0.15) is 6.92 Å². The van der Waals surface area contributed by atoms with Gasteiger partial charge in [0.15, 0.2) is 0 Å². The maximum atomic E-state index is 9.86. The Morgan fingerprint density at radius 3 is 2.28 bits per heavy atom. The van der Waals surface area contributed by atoms with Crippen molar-refractivity contribution in [2.24, 2.45) is 0 Å². The quantitative estimate of drug-likeness (QED) is 0.573. The predicted octanol–water partition coefficient (Wildman–Crippen LogP) is 0.188. The van der Waals surface area contributed by atoms with Crippen LogP contribution in [0.2, 0.25) is 0 Å². The van der Waals surface area contributed by atoms with Crippen molar-refractivity contribution in [1.82, 2.24) is 0 Å². The fourth-order valence-electron chi connectivity index (χ4n) is 1.79. The van der Waals surface area contributed by atoms with E-state index >= 15 is 0 Å². The molecule has 0 spiro atoms. The van der Waals surface area contributed by atoms with Crippen LogP contribution in [0.4, 0.5) is 5.69 Å². The van der Waals surface area contributed by atoms with Gasteiger partial charge in [0.1, 0.15) is 23.7 Å². The summed E-state index contributed by atoms with van der Waals surface area (Å²) < 4.78 is 5.49. The van der Waals surface area contributed by atoms with Gasteiger partial charge in [0, 0.05) is 10.6 Å². The molecule has 6 heteroatoms. The van der Waals surface area contributed by atoms with Crippen molar-refractivity contribution in [3.05, 3.63) is 24.3 Å². The van der Waals surface area contributed by atoms with Gasteiger partial charge in [-0.15, -0.1) is 0 Å². The van der Waals surface area contributed by atoms with E-state index in [4.69, 9.17) is 10.5 Å². The molecular formula is C12H17NO4S. The highest BCUT2D eigenvalue weighted by Crippen LogP contribution is 2.33. The van der Waals surface area contributed by atoms with Crippen LogP contribution in [0, 0.1) is 0 Å². The zero-order chi connectivity index (χ0) is 13.3. The van der Waals surface area contributed by atoms with Gasteiger partial charge in [0.2, 0.25) is 0 Å². The fraction of sp³-hybridized carbons (Fsp3) is 0.500. The van der Waals surface area contributed by atoms with E-state index < -0.39 is 29.9 Å². The van der Waals surface area contributed by atoms with Gasteiger partial charge in [-0.25, -0.2) is 0 Å². The third kappa shape index (κ3) is 2.78. The number of hydrogen-bond donors (Lipinski definition) is 4. The number of aliphatic hydroxyl groups excluding tert-OH is 3. The van der Waals surface area contributed by atoms with Gasteiger partial charge < -0.3 is 25.8 Å². The molecule has 0 amide bonds. The van der Waals surface area contributed by atoms with Gasteiger partial charge in [-0.2, -0.15) is 0 Å². The molecule has 0 aliphatic carbocycles. The molecule has 1 aliphatic heterocycles. The Hall–Kier alpha value is -0.790. The summed E-state index contributed by atoms with van der Waals surface area (Å²) >= 11 is 1.29. The van der Waals surface area contributed by atoms with Gasteiger partial charge in [-0.3, -0.25) is 0 Å². The Morgan fingerprint density at radius 1 is 1.06 bits per heavy atom. The Kier molecular flexibility index (Phi) is 4.14. The lowest BCUT2D eigenvalue weighted by Crippen LogP contribution is -2.55. The molecule has 1 aromatic rings. The van der Waals surface area contributed by atoms with Crippen molar-refractivity contribution in [3.63, 3.8) is 0 Å². The highest BCUT2D eigenvalue weighted by molar-refractivity contribution is 7.99. The smallest absolute Gasteiger partial charge is 0.136 e. The normalized spacial score (nSPS) is 36.6. The summed E-state index contributed by atoms with van der Waals surface area (Å²) in [6.45, 7) is 1.66. The minimum Gasteiger partial charge on any atom is -0.399 e. The second-order valence-corrected chi connectivity index (χ2v) is 5.54. The summed E-state index contributed by atoms with van der Waals surface area (Å²) in [5.41, 5.74) is 5.64. The van der Waals surface area contributed by atoms with Crippen molar-refractivity contribution in [2.45, 2.75) is 41.7 Å². The molecule has 0 aromatic heterocycles. The maximum absolute atomic E-state index is 9.86. The molecule has 1 heterocycles. The van der Waals surface area contributed by atoms with Crippen LogP contribution in [0.5, 0.6) is 0 Å². The highest BCUT2D eigenvalue weighted by atomic mass is 32.2. The molecular weight excluding hydrogens is 254 g/mol. The van der Waals surface area contributed by atoms with Gasteiger partial charge in [-0.05, 0) is 31.2 Å². The third-order valence-electron chi connectivity index (χ3n) is 2.94. The molecule has 0 saturated carbocycles. The molecule has 5 N–H and O–H groups in total. The number of benzene rings is 1. The van der Waals surface area contributed by atoms with E-state index in [0.29, 0.717) is 5.69 Å². The predicted molar refractivity (Wildman–Crippen MR) is 69.1 cm³/mol. The van der Waals surface area contributed by atoms with E-state index in [1.165, 1.54) is 11.8 Å². The lowest BCUT2D eigenvalue weighted by molar-refractivity contribution is -0.192. The number of ether oxygens (including phenoxy) is 1. The lowest BCUT2D eigenvalue weighted by Gasteiger charge is -2.38. The van der Waals surface area contributed by atoms with Crippen molar-refractivity contribution < 1.29 is 20.1 Å². The summed E-state index contributed by atoms with van der Waals surface area (Å²) in [6.07, 6.45) is -3.91.